The monoisotopic (exact) mass is 231 g/mol. The maximum absolute atomic E-state index is 10.4. The quantitative estimate of drug-likeness (QED) is 0.459. The van der Waals surface area contributed by atoms with E-state index in [2.05, 4.69) is 5.32 Å². The lowest BCUT2D eigenvalue weighted by Gasteiger charge is -2.10. The lowest BCUT2D eigenvalue weighted by Crippen LogP contribution is -2.07. The van der Waals surface area contributed by atoms with Crippen molar-refractivity contribution >= 4 is 16.8 Å². The van der Waals surface area contributed by atoms with E-state index in [1.807, 2.05) is 0 Å². The van der Waals surface area contributed by atoms with E-state index in [-0.39, 0.29) is 11.6 Å². The standard InChI is InChI=1S/C9H13NO4S/c1-6(11)7-2-3-9(12)8(4-7)10-5-15(13)14/h2-4,6,10-12H,5H2,1H3,(H,13,14). The number of benzene rings is 1. The third-order valence-electron chi connectivity index (χ3n) is 1.89. The molecule has 1 aromatic carbocycles. The Morgan fingerprint density at radius 3 is 2.73 bits per heavy atom. The van der Waals surface area contributed by atoms with Gasteiger partial charge in [0, 0.05) is 0 Å². The molecule has 0 aliphatic rings. The van der Waals surface area contributed by atoms with Crippen molar-refractivity contribution in [3.8, 4) is 5.75 Å². The Morgan fingerprint density at radius 1 is 1.53 bits per heavy atom. The SMILES string of the molecule is CC(O)c1ccc(O)c(NCS(=O)O)c1. The van der Waals surface area contributed by atoms with Crippen molar-refractivity contribution in [1.29, 1.82) is 0 Å². The molecule has 1 rings (SSSR count). The molecule has 2 atom stereocenters. The van der Waals surface area contributed by atoms with E-state index >= 15 is 0 Å². The Labute approximate surface area is 90.0 Å². The molecule has 0 spiro atoms. The summed E-state index contributed by atoms with van der Waals surface area (Å²) >= 11 is -1.98. The first kappa shape index (κ1) is 12.0. The maximum Gasteiger partial charge on any atom is 0.172 e. The van der Waals surface area contributed by atoms with Gasteiger partial charge in [0.05, 0.1) is 11.8 Å². The first-order chi connectivity index (χ1) is 7.00. The molecule has 0 aliphatic heterocycles. The largest absolute Gasteiger partial charge is 0.506 e. The Hall–Kier alpha value is -1.11. The summed E-state index contributed by atoms with van der Waals surface area (Å²) in [7, 11) is 0. The van der Waals surface area contributed by atoms with Gasteiger partial charge in [-0.1, -0.05) is 6.07 Å². The Kier molecular flexibility index (Phi) is 4.07. The molecule has 0 bridgehead atoms. The number of anilines is 1. The van der Waals surface area contributed by atoms with Crippen molar-refractivity contribution in [1.82, 2.24) is 0 Å². The molecular weight excluding hydrogens is 218 g/mol. The highest BCUT2D eigenvalue weighted by molar-refractivity contribution is 7.79. The van der Waals surface area contributed by atoms with Crippen molar-refractivity contribution in [3.63, 3.8) is 0 Å². The second kappa shape index (κ2) is 5.11. The highest BCUT2D eigenvalue weighted by Gasteiger charge is 2.06. The Bertz CT molecular complexity index is 367. The minimum Gasteiger partial charge on any atom is -0.506 e. The molecule has 0 aliphatic carbocycles. The number of hydrogen-bond acceptors (Lipinski definition) is 4. The molecule has 4 N–H and O–H groups in total. The summed E-state index contributed by atoms with van der Waals surface area (Å²) in [6, 6.07) is 4.54. The zero-order valence-corrected chi connectivity index (χ0v) is 8.99. The van der Waals surface area contributed by atoms with Crippen molar-refractivity contribution in [2.75, 3.05) is 11.2 Å². The molecule has 15 heavy (non-hydrogen) atoms. The smallest absolute Gasteiger partial charge is 0.172 e. The van der Waals surface area contributed by atoms with Gasteiger partial charge in [-0.15, -0.1) is 0 Å². The highest BCUT2D eigenvalue weighted by atomic mass is 32.2. The molecule has 0 fully saturated rings. The van der Waals surface area contributed by atoms with Gasteiger partial charge in [0.25, 0.3) is 0 Å². The van der Waals surface area contributed by atoms with Gasteiger partial charge in [0.2, 0.25) is 0 Å². The summed E-state index contributed by atoms with van der Waals surface area (Å²) < 4.78 is 19.0. The van der Waals surface area contributed by atoms with E-state index in [0.717, 1.165) is 0 Å². The van der Waals surface area contributed by atoms with Gasteiger partial charge in [0.1, 0.15) is 11.6 Å². The van der Waals surface area contributed by atoms with Gasteiger partial charge in [-0.3, -0.25) is 0 Å². The molecule has 6 heteroatoms. The zero-order chi connectivity index (χ0) is 11.4. The molecule has 0 saturated carbocycles. The van der Waals surface area contributed by atoms with Crippen molar-refractivity contribution in [3.05, 3.63) is 23.8 Å². The van der Waals surface area contributed by atoms with Crippen molar-refractivity contribution in [2.24, 2.45) is 0 Å². The summed E-state index contributed by atoms with van der Waals surface area (Å²) in [5, 5.41) is 21.3. The summed E-state index contributed by atoms with van der Waals surface area (Å²) in [6.45, 7) is 1.60. The van der Waals surface area contributed by atoms with Crippen LogP contribution in [0.3, 0.4) is 0 Å². The van der Waals surface area contributed by atoms with Crippen LogP contribution in [0.15, 0.2) is 18.2 Å². The second-order valence-electron chi connectivity index (χ2n) is 3.10. The zero-order valence-electron chi connectivity index (χ0n) is 8.17. The third kappa shape index (κ3) is 3.50. The maximum atomic E-state index is 10.4. The average molecular weight is 231 g/mol. The third-order valence-corrected chi connectivity index (χ3v) is 2.28. The fourth-order valence-electron chi connectivity index (χ4n) is 1.09. The molecule has 0 heterocycles. The van der Waals surface area contributed by atoms with Gasteiger partial charge in [-0.2, -0.15) is 0 Å². The van der Waals surface area contributed by atoms with Crippen LogP contribution in [0.25, 0.3) is 0 Å². The van der Waals surface area contributed by atoms with Crippen LogP contribution in [0.1, 0.15) is 18.6 Å². The lowest BCUT2D eigenvalue weighted by molar-refractivity contribution is 0.199. The predicted octanol–water partition coefficient (Wildman–Crippen LogP) is 1.04. The topological polar surface area (TPSA) is 89.8 Å². The van der Waals surface area contributed by atoms with Crippen LogP contribution < -0.4 is 5.32 Å². The minimum atomic E-state index is -1.98. The van der Waals surface area contributed by atoms with Crippen molar-refractivity contribution < 1.29 is 19.0 Å². The number of rotatable bonds is 4. The van der Waals surface area contributed by atoms with E-state index in [4.69, 9.17) is 4.55 Å². The first-order valence-corrected chi connectivity index (χ1v) is 5.60. The first-order valence-electron chi connectivity index (χ1n) is 4.33. The predicted molar refractivity (Wildman–Crippen MR) is 58.0 cm³/mol. The van der Waals surface area contributed by atoms with E-state index < -0.39 is 17.2 Å². The lowest BCUT2D eigenvalue weighted by atomic mass is 10.1. The fraction of sp³-hybridized carbons (Fsp3) is 0.333. The van der Waals surface area contributed by atoms with E-state index in [9.17, 15) is 14.4 Å². The van der Waals surface area contributed by atoms with Gasteiger partial charge >= 0.3 is 0 Å². The Morgan fingerprint density at radius 2 is 2.20 bits per heavy atom. The fourth-order valence-corrected chi connectivity index (χ4v) is 1.37. The van der Waals surface area contributed by atoms with Crippen LogP contribution in [-0.2, 0) is 11.1 Å². The number of phenols is 1. The number of phenolic OH excluding ortho intramolecular Hbond substituents is 1. The Balaban J connectivity index is 2.85. The number of aliphatic hydroxyl groups excluding tert-OH is 1. The highest BCUT2D eigenvalue weighted by Crippen LogP contribution is 2.26. The van der Waals surface area contributed by atoms with Gasteiger partial charge in [-0.05, 0) is 24.6 Å². The van der Waals surface area contributed by atoms with Crippen molar-refractivity contribution in [2.45, 2.75) is 13.0 Å². The number of nitrogens with one attached hydrogen (secondary N) is 1. The minimum absolute atomic E-state index is 0.0233. The van der Waals surface area contributed by atoms with E-state index in [1.54, 1.807) is 13.0 Å². The molecule has 84 valence electrons. The van der Waals surface area contributed by atoms with Crippen LogP contribution >= 0.6 is 0 Å². The van der Waals surface area contributed by atoms with Gasteiger partial charge < -0.3 is 20.1 Å². The molecule has 0 saturated heterocycles. The molecular formula is C9H13NO4S. The molecule has 5 nitrogen and oxygen atoms in total. The van der Waals surface area contributed by atoms with Gasteiger partial charge in [0.15, 0.2) is 11.1 Å². The molecule has 0 radical (unpaired) electrons. The van der Waals surface area contributed by atoms with Crippen LogP contribution in [-0.4, -0.2) is 24.9 Å². The summed E-state index contributed by atoms with van der Waals surface area (Å²) in [4.78, 5) is 0. The van der Waals surface area contributed by atoms with E-state index in [1.165, 1.54) is 12.1 Å². The average Bonchev–Trinajstić information content (AvgIpc) is 2.16. The second-order valence-corrected chi connectivity index (χ2v) is 4.03. The van der Waals surface area contributed by atoms with Gasteiger partial charge in [-0.25, -0.2) is 4.21 Å². The van der Waals surface area contributed by atoms with E-state index in [0.29, 0.717) is 11.3 Å². The van der Waals surface area contributed by atoms with Crippen LogP contribution in [0, 0.1) is 0 Å². The van der Waals surface area contributed by atoms with Crippen LogP contribution in [0.5, 0.6) is 5.75 Å². The molecule has 1 aromatic rings. The van der Waals surface area contributed by atoms with Crippen LogP contribution in [0.4, 0.5) is 5.69 Å². The molecule has 0 aromatic heterocycles. The normalized spacial score (nSPS) is 14.6. The summed E-state index contributed by atoms with van der Waals surface area (Å²) in [5.74, 6) is -0.193. The summed E-state index contributed by atoms with van der Waals surface area (Å²) in [6.07, 6.45) is -0.647. The summed E-state index contributed by atoms with van der Waals surface area (Å²) in [5.41, 5.74) is 0.954. The number of aromatic hydroxyl groups is 1. The molecule has 2 unspecified atom stereocenters. The molecule has 0 amide bonds. The number of hydrogen-bond donors (Lipinski definition) is 4. The number of aliphatic hydroxyl groups is 1. The van der Waals surface area contributed by atoms with Crippen LogP contribution in [0.2, 0.25) is 0 Å².